The summed E-state index contributed by atoms with van der Waals surface area (Å²) in [4.78, 5) is 37.8. The molecule has 1 aliphatic heterocycles. The van der Waals surface area contributed by atoms with Crippen molar-refractivity contribution in [2.45, 2.75) is 32.9 Å². The lowest BCUT2D eigenvalue weighted by Crippen LogP contribution is -2.50. The normalized spacial score (nSPS) is 19.7. The molecule has 3 heterocycles. The Labute approximate surface area is 188 Å². The second-order valence-corrected chi connectivity index (χ2v) is 8.17. The third-order valence-corrected chi connectivity index (χ3v) is 5.61. The molecule has 0 bridgehead atoms. The molecule has 8 heteroatoms. The number of aliphatic hydroxyl groups is 1. The van der Waals surface area contributed by atoms with Gasteiger partial charge in [0.05, 0.1) is 24.8 Å². The van der Waals surface area contributed by atoms with E-state index in [4.69, 9.17) is 4.74 Å². The third-order valence-electron chi connectivity index (χ3n) is 5.61. The van der Waals surface area contributed by atoms with Gasteiger partial charge in [0.1, 0.15) is 11.7 Å². The molecule has 0 aliphatic carbocycles. The smallest absolute Gasteiger partial charge is 0.259 e. The van der Waals surface area contributed by atoms with Crippen LogP contribution in [0.3, 0.4) is 0 Å². The molecule has 8 nitrogen and oxygen atoms in total. The molecule has 0 spiro atoms. The van der Waals surface area contributed by atoms with Gasteiger partial charge < -0.3 is 19.6 Å². The molecule has 2 aromatic rings. The van der Waals surface area contributed by atoms with Gasteiger partial charge >= 0.3 is 0 Å². The summed E-state index contributed by atoms with van der Waals surface area (Å²) in [6.45, 7) is 6.21. The topological polar surface area (TPSA) is 95.9 Å². The van der Waals surface area contributed by atoms with Gasteiger partial charge in [-0.25, -0.2) is 4.98 Å². The van der Waals surface area contributed by atoms with Gasteiger partial charge in [0.15, 0.2) is 0 Å². The Morgan fingerprint density at radius 2 is 2.22 bits per heavy atom. The Morgan fingerprint density at radius 1 is 1.44 bits per heavy atom. The van der Waals surface area contributed by atoms with Crippen molar-refractivity contribution in [2.24, 2.45) is 5.92 Å². The van der Waals surface area contributed by atoms with Crippen LogP contribution in [0.15, 0.2) is 42.9 Å². The van der Waals surface area contributed by atoms with Crippen molar-refractivity contribution in [3.63, 3.8) is 0 Å². The fourth-order valence-electron chi connectivity index (χ4n) is 3.68. The number of aliphatic hydroxyl groups excluding tert-OH is 1. The molecule has 0 saturated heterocycles. The Kier molecular flexibility index (Phi) is 7.58. The number of hydrogen-bond donors (Lipinski definition) is 1. The zero-order valence-electron chi connectivity index (χ0n) is 18.9. The quantitative estimate of drug-likeness (QED) is 0.745. The van der Waals surface area contributed by atoms with Crippen molar-refractivity contribution in [1.82, 2.24) is 19.8 Å². The van der Waals surface area contributed by atoms with Crippen molar-refractivity contribution in [3.8, 4) is 5.88 Å². The lowest BCUT2D eigenvalue weighted by atomic mass is 9.99. The fourth-order valence-corrected chi connectivity index (χ4v) is 3.68. The SMILES string of the molecule is C/C=C/c1cnc2c(c1)C(=O)N([C@@H](C)CO)C[C@H](C)[C@H](CN(C)C(=O)c1cccnc1)O2. The van der Waals surface area contributed by atoms with Crippen LogP contribution in [-0.2, 0) is 0 Å². The molecule has 0 aromatic carbocycles. The van der Waals surface area contributed by atoms with E-state index < -0.39 is 6.10 Å². The van der Waals surface area contributed by atoms with Crippen LogP contribution in [0.2, 0.25) is 0 Å². The first kappa shape index (κ1) is 23.4. The Hall–Kier alpha value is -3.26. The Balaban J connectivity index is 1.93. The first-order valence-corrected chi connectivity index (χ1v) is 10.7. The summed E-state index contributed by atoms with van der Waals surface area (Å²) in [5.41, 5.74) is 1.63. The summed E-state index contributed by atoms with van der Waals surface area (Å²) in [7, 11) is 1.72. The highest BCUT2D eigenvalue weighted by atomic mass is 16.5. The van der Waals surface area contributed by atoms with Gasteiger partial charge in [0, 0.05) is 38.1 Å². The van der Waals surface area contributed by atoms with Crippen molar-refractivity contribution >= 4 is 17.9 Å². The highest BCUT2D eigenvalue weighted by Crippen LogP contribution is 2.27. The number of fused-ring (bicyclic) bond motifs is 1. The molecule has 0 saturated carbocycles. The molecule has 1 N–H and O–H groups in total. The van der Waals surface area contributed by atoms with Crippen molar-refractivity contribution in [1.29, 1.82) is 0 Å². The molecule has 2 aromatic heterocycles. The maximum absolute atomic E-state index is 13.3. The number of hydrogen-bond acceptors (Lipinski definition) is 6. The second kappa shape index (κ2) is 10.4. The predicted molar refractivity (Wildman–Crippen MR) is 121 cm³/mol. The van der Waals surface area contributed by atoms with Crippen LogP contribution in [0.5, 0.6) is 5.88 Å². The molecular weight excluding hydrogens is 408 g/mol. The van der Waals surface area contributed by atoms with E-state index in [0.717, 1.165) is 5.56 Å². The fraction of sp³-hybridized carbons (Fsp3) is 0.417. The van der Waals surface area contributed by atoms with E-state index in [2.05, 4.69) is 9.97 Å². The zero-order chi connectivity index (χ0) is 23.3. The van der Waals surface area contributed by atoms with Crippen LogP contribution in [0.1, 0.15) is 47.1 Å². The number of aromatic nitrogens is 2. The maximum atomic E-state index is 13.3. The van der Waals surface area contributed by atoms with Gasteiger partial charge in [-0.2, -0.15) is 0 Å². The summed E-state index contributed by atoms with van der Waals surface area (Å²) in [5, 5.41) is 9.74. The number of carbonyl (C=O) groups is 2. The first-order chi connectivity index (χ1) is 15.3. The van der Waals surface area contributed by atoms with E-state index in [1.807, 2.05) is 32.9 Å². The van der Waals surface area contributed by atoms with Crippen LogP contribution in [0.25, 0.3) is 6.08 Å². The van der Waals surface area contributed by atoms with E-state index in [-0.39, 0.29) is 36.3 Å². The lowest BCUT2D eigenvalue weighted by molar-refractivity contribution is 0.0313. The van der Waals surface area contributed by atoms with Crippen LogP contribution >= 0.6 is 0 Å². The van der Waals surface area contributed by atoms with Gasteiger partial charge in [-0.1, -0.05) is 19.1 Å². The van der Waals surface area contributed by atoms with Crippen molar-refractivity contribution < 1.29 is 19.4 Å². The number of amides is 2. The van der Waals surface area contributed by atoms with Gasteiger partial charge in [-0.15, -0.1) is 0 Å². The molecule has 170 valence electrons. The molecule has 0 fully saturated rings. The standard InChI is InChI=1S/C24H30N4O4/c1-5-7-18-10-20-22(26-11-18)32-21(16(2)13-28(24(20)31)17(3)15-29)14-27(4)23(30)19-8-6-9-25-12-19/h5-12,16-17,21,29H,13-15H2,1-4H3/b7-5+/t16-,17-,21-/m0/s1. The number of carbonyl (C=O) groups excluding carboxylic acids is 2. The number of ether oxygens (including phenoxy) is 1. The first-order valence-electron chi connectivity index (χ1n) is 10.7. The van der Waals surface area contributed by atoms with E-state index in [9.17, 15) is 14.7 Å². The number of allylic oxidation sites excluding steroid dienone is 1. The minimum absolute atomic E-state index is 0.109. The van der Waals surface area contributed by atoms with Crippen LogP contribution < -0.4 is 4.74 Å². The van der Waals surface area contributed by atoms with Crippen LogP contribution in [0, 0.1) is 5.92 Å². The highest BCUT2D eigenvalue weighted by Gasteiger charge is 2.34. The number of nitrogens with zero attached hydrogens (tertiary/aromatic N) is 4. The second-order valence-electron chi connectivity index (χ2n) is 8.17. The minimum Gasteiger partial charge on any atom is -0.472 e. The lowest BCUT2D eigenvalue weighted by Gasteiger charge is -2.37. The van der Waals surface area contributed by atoms with Crippen LogP contribution in [0.4, 0.5) is 0 Å². The average Bonchev–Trinajstić information content (AvgIpc) is 2.81. The molecule has 32 heavy (non-hydrogen) atoms. The largest absolute Gasteiger partial charge is 0.472 e. The molecule has 2 amide bonds. The van der Waals surface area contributed by atoms with Crippen molar-refractivity contribution in [3.05, 3.63) is 59.6 Å². The molecule has 1 aliphatic rings. The summed E-state index contributed by atoms with van der Waals surface area (Å²) in [5.74, 6) is -0.269. The summed E-state index contributed by atoms with van der Waals surface area (Å²) in [6.07, 6.45) is 8.13. The van der Waals surface area contributed by atoms with Gasteiger partial charge in [0.2, 0.25) is 5.88 Å². The molecule has 0 unspecified atom stereocenters. The van der Waals surface area contributed by atoms with Gasteiger partial charge in [-0.05, 0) is 37.6 Å². The molecule has 3 atom stereocenters. The van der Waals surface area contributed by atoms with E-state index in [0.29, 0.717) is 24.2 Å². The number of rotatable bonds is 6. The summed E-state index contributed by atoms with van der Waals surface area (Å²) >= 11 is 0. The zero-order valence-corrected chi connectivity index (χ0v) is 18.9. The predicted octanol–water partition coefficient (Wildman–Crippen LogP) is 2.50. The van der Waals surface area contributed by atoms with Gasteiger partial charge in [0.25, 0.3) is 11.8 Å². The van der Waals surface area contributed by atoms with Gasteiger partial charge in [-0.3, -0.25) is 14.6 Å². The molecular formula is C24H30N4O4. The Morgan fingerprint density at radius 3 is 2.88 bits per heavy atom. The van der Waals surface area contributed by atoms with E-state index >= 15 is 0 Å². The maximum Gasteiger partial charge on any atom is 0.259 e. The number of likely N-dealkylation sites (N-methyl/N-ethyl adjacent to an activating group) is 1. The molecule has 0 radical (unpaired) electrons. The third kappa shape index (κ3) is 5.13. The highest BCUT2D eigenvalue weighted by molar-refractivity contribution is 5.97. The van der Waals surface area contributed by atoms with Crippen molar-refractivity contribution in [2.75, 3.05) is 26.7 Å². The monoisotopic (exact) mass is 438 g/mol. The molecule has 3 rings (SSSR count). The van der Waals surface area contributed by atoms with Crippen LogP contribution in [-0.4, -0.2) is 75.6 Å². The minimum atomic E-state index is -0.402. The summed E-state index contributed by atoms with van der Waals surface area (Å²) < 4.78 is 6.22. The van der Waals surface area contributed by atoms with E-state index in [1.165, 1.54) is 6.20 Å². The number of pyridine rings is 2. The summed E-state index contributed by atoms with van der Waals surface area (Å²) in [6, 6.07) is 4.83. The average molecular weight is 439 g/mol. The van der Waals surface area contributed by atoms with E-state index in [1.54, 1.807) is 47.4 Å². The Bertz CT molecular complexity index is 979.